The van der Waals surface area contributed by atoms with Crippen molar-refractivity contribution in [3.05, 3.63) is 35.9 Å². The van der Waals surface area contributed by atoms with Gasteiger partial charge >= 0.3 is 6.09 Å². The van der Waals surface area contributed by atoms with Gasteiger partial charge in [-0.3, -0.25) is 9.59 Å². The summed E-state index contributed by atoms with van der Waals surface area (Å²) in [5.74, 6) is -0.521. The van der Waals surface area contributed by atoms with Gasteiger partial charge in [0.05, 0.1) is 18.6 Å². The second-order valence-electron chi connectivity index (χ2n) is 11.2. The van der Waals surface area contributed by atoms with Crippen molar-refractivity contribution in [3.8, 4) is 0 Å². The molecule has 0 spiro atoms. The average Bonchev–Trinajstić information content (AvgIpc) is 3.37. The Morgan fingerprint density at radius 1 is 1.17 bits per heavy atom. The maximum absolute atomic E-state index is 13.8. The minimum Gasteiger partial charge on any atom is -0.445 e. The summed E-state index contributed by atoms with van der Waals surface area (Å²) >= 11 is 0. The normalized spacial score (nSPS) is 33.4. The number of nitrogens with one attached hydrogen (secondary N) is 2. The Balaban J connectivity index is 1.11. The molecule has 2 N–H and O–H groups in total. The summed E-state index contributed by atoms with van der Waals surface area (Å²) in [5, 5.41) is 5.88. The molecule has 0 aromatic heterocycles. The quantitative estimate of drug-likeness (QED) is 0.588. The lowest BCUT2D eigenvalue weighted by Gasteiger charge is -2.65. The fourth-order valence-electron chi connectivity index (χ4n) is 6.02. The fourth-order valence-corrected chi connectivity index (χ4v) is 6.02. The van der Waals surface area contributed by atoms with Gasteiger partial charge in [-0.05, 0) is 11.5 Å². The first-order valence-electron chi connectivity index (χ1n) is 12.5. The molecule has 5 aliphatic rings. The number of carbonyl (C=O) groups excluding carboxylic acids is 3. The van der Waals surface area contributed by atoms with E-state index in [0.717, 1.165) is 5.56 Å². The van der Waals surface area contributed by atoms with Crippen LogP contribution in [0, 0.1) is 17.8 Å². The Morgan fingerprint density at radius 3 is 2.54 bits per heavy atom. The van der Waals surface area contributed by atoms with Crippen molar-refractivity contribution >= 4 is 17.9 Å². The maximum Gasteiger partial charge on any atom is 0.407 e. The van der Waals surface area contributed by atoms with Crippen molar-refractivity contribution in [2.75, 3.05) is 19.7 Å². The van der Waals surface area contributed by atoms with Gasteiger partial charge < -0.3 is 25.0 Å². The summed E-state index contributed by atoms with van der Waals surface area (Å²) in [6, 6.07) is 9.04. The van der Waals surface area contributed by atoms with E-state index in [1.54, 1.807) is 4.90 Å². The van der Waals surface area contributed by atoms with E-state index in [1.807, 2.05) is 44.2 Å². The third-order valence-corrected chi connectivity index (χ3v) is 8.07. The lowest BCUT2D eigenvalue weighted by Crippen LogP contribution is -2.77. The summed E-state index contributed by atoms with van der Waals surface area (Å²) in [5.41, 5.74) is -0.531. The number of alkyl halides is 1. The smallest absolute Gasteiger partial charge is 0.407 e. The van der Waals surface area contributed by atoms with E-state index in [0.29, 0.717) is 39.0 Å². The van der Waals surface area contributed by atoms with Crippen LogP contribution in [0.3, 0.4) is 0 Å². The molecule has 1 aromatic carbocycles. The van der Waals surface area contributed by atoms with E-state index >= 15 is 0 Å². The molecule has 0 radical (unpaired) electrons. The Labute approximate surface area is 204 Å². The van der Waals surface area contributed by atoms with Gasteiger partial charge in [0.15, 0.2) is 0 Å². The molecule has 2 saturated heterocycles. The zero-order chi connectivity index (χ0) is 24.8. The predicted molar refractivity (Wildman–Crippen MR) is 125 cm³/mol. The standard InChI is InChI=1S/C26H34FN3O5/c1-16(2)20(28-24(33)35-11-17-6-4-3-5-7-17)8-22(31)30-9-18-19(12-34-21(18)10-30)23(32)29-26-13-25(27,14-26)15-26/h3-7,16,18-21H,8-15H2,1-2H3,(H,28,33)(H,29,32)/t18-,19+,20+,21-,25?,26?/m1/s1. The predicted octanol–water partition coefficient (Wildman–Crippen LogP) is 2.56. The highest BCUT2D eigenvalue weighted by molar-refractivity contribution is 5.82. The molecule has 0 unspecified atom stereocenters. The number of amides is 3. The second-order valence-corrected chi connectivity index (χ2v) is 11.2. The summed E-state index contributed by atoms with van der Waals surface area (Å²) in [6.07, 6.45) is 0.662. The van der Waals surface area contributed by atoms with Crippen LogP contribution < -0.4 is 10.6 Å². The Bertz CT molecular complexity index is 967. The van der Waals surface area contributed by atoms with Gasteiger partial charge in [0.25, 0.3) is 0 Å². The number of ether oxygens (including phenoxy) is 2. The molecule has 1 aromatic rings. The lowest BCUT2D eigenvalue weighted by atomic mass is 9.47. The Kier molecular flexibility index (Phi) is 6.23. The zero-order valence-corrected chi connectivity index (χ0v) is 20.3. The number of benzene rings is 1. The van der Waals surface area contributed by atoms with E-state index < -0.39 is 11.8 Å². The molecule has 2 aliphatic heterocycles. The summed E-state index contributed by atoms with van der Waals surface area (Å²) in [4.78, 5) is 40.0. The molecular formula is C26H34FN3O5. The minimum absolute atomic E-state index is 0.0342. The van der Waals surface area contributed by atoms with Gasteiger partial charge in [-0.2, -0.15) is 0 Å². The first kappa shape index (κ1) is 24.0. The van der Waals surface area contributed by atoms with E-state index in [1.165, 1.54) is 0 Å². The van der Waals surface area contributed by atoms with Crippen LogP contribution in [0.1, 0.15) is 45.1 Å². The van der Waals surface area contributed by atoms with Gasteiger partial charge in [0.2, 0.25) is 11.8 Å². The molecule has 8 nitrogen and oxygen atoms in total. The number of hydrogen-bond acceptors (Lipinski definition) is 5. The molecule has 3 saturated carbocycles. The molecule has 35 heavy (non-hydrogen) atoms. The lowest BCUT2D eigenvalue weighted by molar-refractivity contribution is -0.177. The Hall–Kier alpha value is -2.68. The third-order valence-electron chi connectivity index (χ3n) is 8.07. The van der Waals surface area contributed by atoms with Crippen molar-refractivity contribution in [1.29, 1.82) is 0 Å². The van der Waals surface area contributed by atoms with Gasteiger partial charge in [-0.25, -0.2) is 9.18 Å². The first-order chi connectivity index (χ1) is 16.7. The van der Waals surface area contributed by atoms with Crippen LogP contribution in [0.5, 0.6) is 0 Å². The molecule has 2 bridgehead atoms. The van der Waals surface area contributed by atoms with Gasteiger partial charge in [0.1, 0.15) is 12.3 Å². The highest BCUT2D eigenvalue weighted by Gasteiger charge is 2.70. The van der Waals surface area contributed by atoms with Crippen molar-refractivity contribution in [2.45, 2.75) is 69.5 Å². The number of nitrogens with zero attached hydrogens (tertiary/aromatic N) is 1. The van der Waals surface area contributed by atoms with Crippen LogP contribution in [-0.2, 0) is 25.7 Å². The van der Waals surface area contributed by atoms with Gasteiger partial charge in [0, 0.05) is 56.3 Å². The number of rotatable bonds is 8. The van der Waals surface area contributed by atoms with Crippen LogP contribution in [0.25, 0.3) is 0 Å². The molecule has 190 valence electrons. The molecule has 6 rings (SSSR count). The van der Waals surface area contributed by atoms with Crippen molar-refractivity contribution in [1.82, 2.24) is 15.5 Å². The number of alkyl carbamates (subject to hydrolysis) is 1. The zero-order valence-electron chi connectivity index (χ0n) is 20.3. The molecule has 2 heterocycles. The van der Waals surface area contributed by atoms with Crippen LogP contribution in [-0.4, -0.2) is 65.9 Å². The first-order valence-corrected chi connectivity index (χ1v) is 12.5. The van der Waals surface area contributed by atoms with E-state index in [9.17, 15) is 18.8 Å². The maximum atomic E-state index is 13.8. The monoisotopic (exact) mass is 487 g/mol. The van der Waals surface area contributed by atoms with Crippen molar-refractivity contribution < 1.29 is 28.2 Å². The molecule has 3 amide bonds. The topological polar surface area (TPSA) is 97.0 Å². The van der Waals surface area contributed by atoms with Crippen LogP contribution in [0.4, 0.5) is 9.18 Å². The number of fused-ring (bicyclic) bond motifs is 1. The number of likely N-dealkylation sites (tertiary alicyclic amines) is 1. The minimum atomic E-state index is -1.06. The van der Waals surface area contributed by atoms with Crippen molar-refractivity contribution in [2.24, 2.45) is 17.8 Å². The van der Waals surface area contributed by atoms with Gasteiger partial charge in [-0.1, -0.05) is 44.2 Å². The third kappa shape index (κ3) is 4.87. The highest BCUT2D eigenvalue weighted by Crippen LogP contribution is 2.63. The van der Waals surface area contributed by atoms with Gasteiger partial charge in [-0.15, -0.1) is 0 Å². The van der Waals surface area contributed by atoms with Crippen LogP contribution in [0.15, 0.2) is 30.3 Å². The molecular weight excluding hydrogens is 453 g/mol. The van der Waals surface area contributed by atoms with E-state index in [4.69, 9.17) is 9.47 Å². The van der Waals surface area contributed by atoms with Crippen LogP contribution >= 0.6 is 0 Å². The largest absolute Gasteiger partial charge is 0.445 e. The summed E-state index contributed by atoms with van der Waals surface area (Å²) in [7, 11) is 0. The highest BCUT2D eigenvalue weighted by atomic mass is 19.1. The van der Waals surface area contributed by atoms with E-state index in [2.05, 4.69) is 10.6 Å². The fraction of sp³-hybridized carbons (Fsp3) is 0.654. The summed E-state index contributed by atoms with van der Waals surface area (Å²) < 4.78 is 25.0. The number of halogens is 1. The average molecular weight is 488 g/mol. The van der Waals surface area contributed by atoms with E-state index in [-0.39, 0.29) is 60.3 Å². The molecule has 3 aliphatic carbocycles. The Morgan fingerprint density at radius 2 is 1.89 bits per heavy atom. The molecule has 9 heteroatoms. The molecule has 4 atom stereocenters. The number of carbonyl (C=O) groups is 3. The number of hydrogen-bond donors (Lipinski definition) is 2. The second kappa shape index (κ2) is 9.08. The van der Waals surface area contributed by atoms with Crippen molar-refractivity contribution in [3.63, 3.8) is 0 Å². The molecule has 5 fully saturated rings. The summed E-state index contributed by atoms with van der Waals surface area (Å²) in [6.45, 7) is 5.28. The van der Waals surface area contributed by atoms with Crippen LogP contribution in [0.2, 0.25) is 0 Å². The SMILES string of the molecule is CC(C)[C@H](CC(=O)N1C[C@@H]2[C@@H](C(=O)NC34CC(F)(C3)C4)CO[C@@H]2C1)NC(=O)OCc1ccccc1.